The zero-order chi connectivity index (χ0) is 14.2. The van der Waals surface area contributed by atoms with Gasteiger partial charge in [0.15, 0.2) is 0 Å². The highest BCUT2D eigenvalue weighted by Crippen LogP contribution is 2.29. The number of thioether (sulfide) groups is 1. The Bertz CT molecular complexity index is 569. The van der Waals surface area contributed by atoms with Crippen molar-refractivity contribution in [3.63, 3.8) is 0 Å². The molecule has 5 nitrogen and oxygen atoms in total. The van der Waals surface area contributed by atoms with Crippen LogP contribution in [0, 0.1) is 0 Å². The average molecular weight is 322 g/mol. The van der Waals surface area contributed by atoms with E-state index in [1.165, 1.54) is 16.6 Å². The van der Waals surface area contributed by atoms with Crippen LogP contribution in [0.5, 0.6) is 0 Å². The first-order valence-corrected chi connectivity index (χ1v) is 8.63. The number of nitrogen functional groups attached to an aromatic ring is 1. The third kappa shape index (κ3) is 3.16. The first kappa shape index (κ1) is 14.9. The first-order chi connectivity index (χ1) is 8.80. The van der Waals surface area contributed by atoms with E-state index >= 15 is 0 Å². The molecule has 2 N–H and O–H groups in total. The Labute approximate surface area is 122 Å². The van der Waals surface area contributed by atoms with Gasteiger partial charge in [0.05, 0.1) is 5.02 Å². The molecule has 2 heterocycles. The maximum absolute atomic E-state index is 12.5. The van der Waals surface area contributed by atoms with Crippen LogP contribution in [0.2, 0.25) is 5.02 Å². The summed E-state index contributed by atoms with van der Waals surface area (Å²) in [5, 5.41) is 0.708. The van der Waals surface area contributed by atoms with Gasteiger partial charge in [-0.2, -0.15) is 16.1 Å². The molecule has 1 fully saturated rings. The van der Waals surface area contributed by atoms with E-state index < -0.39 is 10.0 Å². The number of hydrogen-bond acceptors (Lipinski definition) is 5. The summed E-state index contributed by atoms with van der Waals surface area (Å²) < 4.78 is 26.5. The number of pyridine rings is 1. The second-order valence-electron chi connectivity index (χ2n) is 4.62. The summed E-state index contributed by atoms with van der Waals surface area (Å²) in [5.41, 5.74) is 5.50. The number of nitrogens with zero attached hydrogens (tertiary/aromatic N) is 2. The second kappa shape index (κ2) is 5.47. The molecular formula is C11H16ClN3O2S2. The lowest BCUT2D eigenvalue weighted by atomic mass is 10.4. The fourth-order valence-corrected chi connectivity index (χ4v) is 5.38. The molecule has 1 aliphatic heterocycles. The van der Waals surface area contributed by atoms with Crippen molar-refractivity contribution in [2.45, 2.75) is 29.2 Å². The summed E-state index contributed by atoms with van der Waals surface area (Å²) in [6, 6.07) is 1.36. The van der Waals surface area contributed by atoms with Gasteiger partial charge < -0.3 is 5.73 Å². The predicted octanol–water partition coefficient (Wildman–Crippen LogP) is 1.83. The number of rotatable bonds is 2. The number of nitrogens with two attached hydrogens (primary N) is 1. The van der Waals surface area contributed by atoms with Crippen molar-refractivity contribution in [1.82, 2.24) is 9.29 Å². The number of halogens is 1. The molecule has 1 aromatic rings. The molecule has 0 bridgehead atoms. The second-order valence-corrected chi connectivity index (χ2v) is 8.84. The molecule has 1 aromatic heterocycles. The quantitative estimate of drug-likeness (QED) is 0.899. The van der Waals surface area contributed by atoms with Crippen molar-refractivity contribution >= 4 is 39.2 Å². The van der Waals surface area contributed by atoms with Crippen LogP contribution in [0.4, 0.5) is 5.82 Å². The van der Waals surface area contributed by atoms with Gasteiger partial charge in [-0.15, -0.1) is 0 Å². The number of sulfonamides is 1. The molecule has 19 heavy (non-hydrogen) atoms. The van der Waals surface area contributed by atoms with Gasteiger partial charge in [-0.25, -0.2) is 13.4 Å². The zero-order valence-corrected chi connectivity index (χ0v) is 13.1. The summed E-state index contributed by atoms with van der Waals surface area (Å²) in [7, 11) is -3.55. The molecule has 0 saturated carbocycles. The molecule has 1 aliphatic rings. The lowest BCUT2D eigenvalue weighted by Crippen LogP contribution is -2.43. The minimum atomic E-state index is -3.55. The molecule has 0 radical (unpaired) electrons. The van der Waals surface area contributed by atoms with Crippen LogP contribution in [0.1, 0.15) is 13.8 Å². The molecular weight excluding hydrogens is 306 g/mol. The molecule has 2 unspecified atom stereocenters. The van der Waals surface area contributed by atoms with Crippen LogP contribution in [0.3, 0.4) is 0 Å². The van der Waals surface area contributed by atoms with Crippen LogP contribution < -0.4 is 5.73 Å². The summed E-state index contributed by atoms with van der Waals surface area (Å²) in [5.74, 6) is 0.136. The fraction of sp³-hybridized carbons (Fsp3) is 0.545. The van der Waals surface area contributed by atoms with Crippen LogP contribution in [-0.4, -0.2) is 41.3 Å². The lowest BCUT2D eigenvalue weighted by Gasteiger charge is -2.33. The topological polar surface area (TPSA) is 76.3 Å². The van der Waals surface area contributed by atoms with E-state index in [-0.39, 0.29) is 26.2 Å². The average Bonchev–Trinajstić information content (AvgIpc) is 2.31. The maximum Gasteiger partial charge on any atom is 0.244 e. The molecule has 2 rings (SSSR count). The van der Waals surface area contributed by atoms with Crippen molar-refractivity contribution in [3.05, 3.63) is 17.3 Å². The summed E-state index contributed by atoms with van der Waals surface area (Å²) in [6.45, 7) is 5.05. The van der Waals surface area contributed by atoms with Gasteiger partial charge in [0.1, 0.15) is 10.7 Å². The monoisotopic (exact) mass is 321 g/mol. The molecule has 2 atom stereocenters. The molecule has 8 heteroatoms. The highest BCUT2D eigenvalue weighted by Gasteiger charge is 2.32. The largest absolute Gasteiger partial charge is 0.382 e. The Hall–Kier alpha value is -0.500. The summed E-state index contributed by atoms with van der Waals surface area (Å²) >= 11 is 7.64. The van der Waals surface area contributed by atoms with Crippen molar-refractivity contribution in [2.24, 2.45) is 0 Å². The summed E-state index contributed by atoms with van der Waals surface area (Å²) in [6.07, 6.45) is 1.26. The minimum absolute atomic E-state index is 0.0954. The molecule has 0 spiro atoms. The van der Waals surface area contributed by atoms with Gasteiger partial charge in [0.2, 0.25) is 10.0 Å². The molecule has 0 amide bonds. The molecule has 106 valence electrons. The minimum Gasteiger partial charge on any atom is -0.382 e. The highest BCUT2D eigenvalue weighted by atomic mass is 35.5. The Morgan fingerprint density at radius 3 is 2.53 bits per heavy atom. The van der Waals surface area contributed by atoms with E-state index in [4.69, 9.17) is 17.3 Å². The van der Waals surface area contributed by atoms with Crippen LogP contribution in [0.25, 0.3) is 0 Å². The van der Waals surface area contributed by atoms with Gasteiger partial charge in [-0.05, 0) is 6.07 Å². The van der Waals surface area contributed by atoms with Gasteiger partial charge >= 0.3 is 0 Å². The van der Waals surface area contributed by atoms with E-state index in [0.29, 0.717) is 13.1 Å². The normalized spacial score (nSPS) is 25.4. The van der Waals surface area contributed by atoms with E-state index in [1.807, 2.05) is 13.8 Å². The van der Waals surface area contributed by atoms with E-state index in [0.717, 1.165) is 0 Å². The van der Waals surface area contributed by atoms with E-state index in [2.05, 4.69) is 4.98 Å². The van der Waals surface area contributed by atoms with Gasteiger partial charge in [0, 0.05) is 29.8 Å². The van der Waals surface area contributed by atoms with Crippen LogP contribution in [0.15, 0.2) is 17.2 Å². The molecule has 0 aliphatic carbocycles. The van der Waals surface area contributed by atoms with Crippen molar-refractivity contribution in [1.29, 1.82) is 0 Å². The van der Waals surface area contributed by atoms with Crippen molar-refractivity contribution in [3.8, 4) is 0 Å². The lowest BCUT2D eigenvalue weighted by molar-refractivity contribution is 0.404. The summed E-state index contributed by atoms with van der Waals surface area (Å²) in [4.78, 5) is 3.91. The highest BCUT2D eigenvalue weighted by molar-refractivity contribution is 8.00. The zero-order valence-electron chi connectivity index (χ0n) is 10.7. The smallest absolute Gasteiger partial charge is 0.244 e. The molecule has 0 aromatic carbocycles. The van der Waals surface area contributed by atoms with Crippen LogP contribution >= 0.6 is 23.4 Å². The fourth-order valence-electron chi connectivity index (χ4n) is 2.05. The Morgan fingerprint density at radius 2 is 2.00 bits per heavy atom. The maximum atomic E-state index is 12.5. The predicted molar refractivity (Wildman–Crippen MR) is 78.9 cm³/mol. The standard InChI is InChI=1S/C11H16ClN3O2S2/c1-7-5-15(6-8(2)18-7)19(16,17)9-3-10(12)11(13)14-4-9/h3-4,7-8H,5-6H2,1-2H3,(H2,13,14). The van der Waals surface area contributed by atoms with Crippen molar-refractivity contribution in [2.75, 3.05) is 18.8 Å². The van der Waals surface area contributed by atoms with Crippen LogP contribution in [-0.2, 0) is 10.0 Å². The van der Waals surface area contributed by atoms with E-state index in [1.54, 1.807) is 11.8 Å². The SMILES string of the molecule is CC1CN(S(=O)(=O)c2cnc(N)c(Cl)c2)CC(C)S1. The van der Waals surface area contributed by atoms with Gasteiger partial charge in [-0.3, -0.25) is 0 Å². The number of hydrogen-bond donors (Lipinski definition) is 1. The third-order valence-electron chi connectivity index (χ3n) is 2.87. The Morgan fingerprint density at radius 1 is 1.42 bits per heavy atom. The van der Waals surface area contributed by atoms with Crippen molar-refractivity contribution < 1.29 is 8.42 Å². The third-order valence-corrected chi connectivity index (χ3v) is 6.20. The van der Waals surface area contributed by atoms with Gasteiger partial charge in [0.25, 0.3) is 0 Å². The number of aromatic nitrogens is 1. The Kier molecular flexibility index (Phi) is 4.29. The first-order valence-electron chi connectivity index (χ1n) is 5.87. The van der Waals surface area contributed by atoms with Gasteiger partial charge in [-0.1, -0.05) is 25.4 Å². The van der Waals surface area contributed by atoms with E-state index in [9.17, 15) is 8.42 Å². The number of anilines is 1. The Balaban J connectivity index is 2.33. The molecule has 1 saturated heterocycles.